The van der Waals surface area contributed by atoms with Crippen molar-refractivity contribution in [2.24, 2.45) is 7.05 Å². The van der Waals surface area contributed by atoms with Crippen LogP contribution in [0.2, 0.25) is 0 Å². The number of nitrogens with zero attached hydrogens (tertiary/aromatic N) is 2. The van der Waals surface area contributed by atoms with E-state index in [1.807, 2.05) is 0 Å². The molecule has 0 fully saturated rings. The molecule has 1 aromatic carbocycles. The minimum atomic E-state index is -1.24. The standard InChI is InChI=1S/C12H9FN2O4/c1-15-10(6-9(14-15)11(16)17)12(18)19-8-4-2-7(13)3-5-8/h2-6H,1H3,(H,16,17). The van der Waals surface area contributed by atoms with Crippen molar-refractivity contribution in [2.75, 3.05) is 0 Å². The SMILES string of the molecule is Cn1nc(C(=O)O)cc1C(=O)Oc1ccc(F)cc1. The van der Waals surface area contributed by atoms with Gasteiger partial charge in [0.25, 0.3) is 0 Å². The normalized spacial score (nSPS) is 10.2. The van der Waals surface area contributed by atoms with E-state index >= 15 is 0 Å². The van der Waals surface area contributed by atoms with Gasteiger partial charge in [0.15, 0.2) is 5.69 Å². The van der Waals surface area contributed by atoms with Crippen LogP contribution in [0.4, 0.5) is 4.39 Å². The molecule has 19 heavy (non-hydrogen) atoms. The molecule has 0 saturated carbocycles. The zero-order valence-corrected chi connectivity index (χ0v) is 9.83. The Morgan fingerprint density at radius 2 is 1.95 bits per heavy atom. The molecule has 0 aliphatic heterocycles. The Bertz CT molecular complexity index is 634. The summed E-state index contributed by atoms with van der Waals surface area (Å²) in [6, 6.07) is 5.99. The molecule has 2 rings (SSSR count). The van der Waals surface area contributed by atoms with Gasteiger partial charge in [-0.05, 0) is 24.3 Å². The van der Waals surface area contributed by atoms with Gasteiger partial charge in [-0.3, -0.25) is 4.68 Å². The highest BCUT2D eigenvalue weighted by Gasteiger charge is 2.18. The van der Waals surface area contributed by atoms with E-state index in [1.165, 1.54) is 19.2 Å². The number of esters is 1. The third-order valence-corrected chi connectivity index (χ3v) is 2.33. The zero-order chi connectivity index (χ0) is 14.0. The van der Waals surface area contributed by atoms with Crippen molar-refractivity contribution in [3.8, 4) is 5.75 Å². The number of carboxylic acid groups (broad SMARTS) is 1. The van der Waals surface area contributed by atoms with Crippen LogP contribution in [-0.4, -0.2) is 26.8 Å². The van der Waals surface area contributed by atoms with E-state index in [4.69, 9.17) is 9.84 Å². The largest absolute Gasteiger partial charge is 0.476 e. The van der Waals surface area contributed by atoms with Crippen LogP contribution in [0.25, 0.3) is 0 Å². The Labute approximate surface area is 107 Å². The number of ether oxygens (including phenoxy) is 1. The van der Waals surface area contributed by atoms with Gasteiger partial charge in [0, 0.05) is 13.1 Å². The fourth-order valence-electron chi connectivity index (χ4n) is 1.42. The van der Waals surface area contributed by atoms with E-state index in [1.54, 1.807) is 0 Å². The molecule has 0 amide bonds. The van der Waals surface area contributed by atoms with Gasteiger partial charge in [-0.2, -0.15) is 5.10 Å². The highest BCUT2D eigenvalue weighted by atomic mass is 19.1. The summed E-state index contributed by atoms with van der Waals surface area (Å²) >= 11 is 0. The lowest BCUT2D eigenvalue weighted by Gasteiger charge is -2.03. The summed E-state index contributed by atoms with van der Waals surface area (Å²) in [6.07, 6.45) is 0. The number of halogens is 1. The minimum absolute atomic E-state index is 0.0123. The maximum Gasteiger partial charge on any atom is 0.362 e. The first-order valence-electron chi connectivity index (χ1n) is 5.22. The van der Waals surface area contributed by atoms with Crippen molar-refractivity contribution < 1.29 is 23.8 Å². The van der Waals surface area contributed by atoms with Gasteiger partial charge >= 0.3 is 11.9 Å². The van der Waals surface area contributed by atoms with E-state index in [0.29, 0.717) is 0 Å². The molecule has 0 atom stereocenters. The first kappa shape index (κ1) is 12.7. The molecule has 1 N–H and O–H groups in total. The number of carboxylic acids is 1. The third-order valence-electron chi connectivity index (χ3n) is 2.33. The van der Waals surface area contributed by atoms with E-state index < -0.39 is 17.8 Å². The van der Waals surface area contributed by atoms with Gasteiger partial charge in [-0.15, -0.1) is 0 Å². The maximum absolute atomic E-state index is 12.7. The van der Waals surface area contributed by atoms with E-state index in [0.717, 1.165) is 22.9 Å². The molecule has 1 aromatic heterocycles. The molecule has 0 saturated heterocycles. The van der Waals surface area contributed by atoms with Crippen molar-refractivity contribution in [2.45, 2.75) is 0 Å². The van der Waals surface area contributed by atoms with Gasteiger partial charge in [-0.25, -0.2) is 14.0 Å². The summed E-state index contributed by atoms with van der Waals surface area (Å²) in [6.45, 7) is 0. The summed E-state index contributed by atoms with van der Waals surface area (Å²) in [5.41, 5.74) is -0.268. The highest BCUT2D eigenvalue weighted by molar-refractivity contribution is 5.93. The zero-order valence-electron chi connectivity index (χ0n) is 9.83. The Balaban J connectivity index is 2.20. The summed E-state index contributed by atoms with van der Waals surface area (Å²) in [5, 5.41) is 12.4. The molecule has 7 heteroatoms. The summed E-state index contributed by atoms with van der Waals surface area (Å²) in [4.78, 5) is 22.5. The van der Waals surface area contributed by atoms with Gasteiger partial charge in [0.2, 0.25) is 0 Å². The summed E-state index contributed by atoms with van der Waals surface area (Å²) in [5.74, 6) is -2.30. The molecule has 0 aliphatic rings. The molecular formula is C12H9FN2O4. The average Bonchev–Trinajstić information content (AvgIpc) is 2.74. The predicted molar refractivity (Wildman–Crippen MR) is 61.5 cm³/mol. The third kappa shape index (κ3) is 2.76. The summed E-state index contributed by atoms with van der Waals surface area (Å²) < 4.78 is 18.8. The molecule has 98 valence electrons. The monoisotopic (exact) mass is 264 g/mol. The lowest BCUT2D eigenvalue weighted by molar-refractivity contribution is 0.0687. The fourth-order valence-corrected chi connectivity index (χ4v) is 1.42. The number of hydrogen-bond donors (Lipinski definition) is 1. The van der Waals surface area contributed by atoms with Crippen LogP contribution in [0.1, 0.15) is 21.0 Å². The van der Waals surface area contributed by atoms with Gasteiger partial charge in [-0.1, -0.05) is 0 Å². The van der Waals surface area contributed by atoms with Crippen molar-refractivity contribution in [3.63, 3.8) is 0 Å². The topological polar surface area (TPSA) is 81.4 Å². The van der Waals surface area contributed by atoms with Crippen LogP contribution in [-0.2, 0) is 7.05 Å². The number of hydrogen-bond acceptors (Lipinski definition) is 4. The number of carbonyl (C=O) groups excluding carboxylic acids is 1. The molecule has 2 aromatic rings. The predicted octanol–water partition coefficient (Wildman–Crippen LogP) is 1.48. The van der Waals surface area contributed by atoms with Crippen LogP contribution in [0, 0.1) is 5.82 Å². The number of aryl methyl sites for hydroxylation is 1. The van der Waals surface area contributed by atoms with Crippen molar-refractivity contribution >= 4 is 11.9 Å². The van der Waals surface area contributed by atoms with Gasteiger partial charge < -0.3 is 9.84 Å². The van der Waals surface area contributed by atoms with Crippen LogP contribution in [0.15, 0.2) is 30.3 Å². The molecule has 0 aliphatic carbocycles. The smallest absolute Gasteiger partial charge is 0.362 e. The number of aromatic carboxylic acids is 1. The molecular weight excluding hydrogens is 255 g/mol. The number of carbonyl (C=O) groups is 2. The lowest BCUT2D eigenvalue weighted by Crippen LogP contribution is -2.13. The quantitative estimate of drug-likeness (QED) is 0.670. The van der Waals surface area contributed by atoms with Gasteiger partial charge in [0.05, 0.1) is 0 Å². The van der Waals surface area contributed by atoms with Crippen LogP contribution < -0.4 is 4.74 Å². The second kappa shape index (κ2) is 4.89. The first-order chi connectivity index (χ1) is 8.97. The minimum Gasteiger partial charge on any atom is -0.476 e. The number of rotatable bonds is 3. The molecule has 1 heterocycles. The second-order valence-corrected chi connectivity index (χ2v) is 3.69. The number of benzene rings is 1. The fraction of sp³-hybridized carbons (Fsp3) is 0.0833. The van der Waals surface area contributed by atoms with Crippen molar-refractivity contribution in [1.82, 2.24) is 9.78 Å². The molecule has 0 radical (unpaired) electrons. The summed E-state index contributed by atoms with van der Waals surface area (Å²) in [7, 11) is 1.42. The molecule has 0 unspecified atom stereocenters. The second-order valence-electron chi connectivity index (χ2n) is 3.69. The number of aromatic nitrogens is 2. The Morgan fingerprint density at radius 1 is 1.32 bits per heavy atom. The van der Waals surface area contributed by atoms with Crippen molar-refractivity contribution in [3.05, 3.63) is 47.5 Å². The van der Waals surface area contributed by atoms with Gasteiger partial charge in [0.1, 0.15) is 17.3 Å². The van der Waals surface area contributed by atoms with Crippen LogP contribution in [0.5, 0.6) is 5.75 Å². The Hall–Kier alpha value is -2.70. The van der Waals surface area contributed by atoms with Crippen LogP contribution in [0.3, 0.4) is 0 Å². The van der Waals surface area contributed by atoms with E-state index in [-0.39, 0.29) is 17.1 Å². The van der Waals surface area contributed by atoms with Crippen molar-refractivity contribution in [1.29, 1.82) is 0 Å². The Kier molecular flexibility index (Phi) is 3.28. The maximum atomic E-state index is 12.7. The molecule has 0 bridgehead atoms. The van der Waals surface area contributed by atoms with Crippen LogP contribution >= 0.6 is 0 Å². The Morgan fingerprint density at radius 3 is 2.47 bits per heavy atom. The lowest BCUT2D eigenvalue weighted by atomic mass is 10.3. The first-order valence-corrected chi connectivity index (χ1v) is 5.22. The van der Waals surface area contributed by atoms with E-state index in [9.17, 15) is 14.0 Å². The highest BCUT2D eigenvalue weighted by Crippen LogP contribution is 2.14. The molecule has 6 nitrogen and oxygen atoms in total. The average molecular weight is 264 g/mol. The van der Waals surface area contributed by atoms with E-state index in [2.05, 4.69) is 5.10 Å². The molecule has 0 spiro atoms.